The highest BCUT2D eigenvalue weighted by Gasteiger charge is 2.12. The lowest BCUT2D eigenvalue weighted by Crippen LogP contribution is -2.00. The first-order valence-corrected chi connectivity index (χ1v) is 5.10. The van der Waals surface area contributed by atoms with Crippen molar-refractivity contribution in [1.29, 1.82) is 0 Å². The molecular weight excluding hydrogens is 206 g/mol. The Morgan fingerprint density at radius 1 is 1.44 bits per heavy atom. The van der Waals surface area contributed by atoms with E-state index in [4.69, 9.17) is 4.42 Å². The first kappa shape index (κ1) is 10.7. The van der Waals surface area contributed by atoms with E-state index in [0.29, 0.717) is 22.6 Å². The van der Waals surface area contributed by atoms with Crippen LogP contribution in [0.4, 0.5) is 0 Å². The van der Waals surface area contributed by atoms with Gasteiger partial charge < -0.3 is 9.15 Å². The van der Waals surface area contributed by atoms with Crippen LogP contribution in [0.2, 0.25) is 0 Å². The van der Waals surface area contributed by atoms with Crippen molar-refractivity contribution in [3.05, 3.63) is 29.7 Å². The van der Waals surface area contributed by atoms with Crippen LogP contribution in [-0.2, 0) is 4.74 Å². The SMILES string of the molecule is COC(=O)c1ccc2oc(C(C)C)nc2c1. The summed E-state index contributed by atoms with van der Waals surface area (Å²) in [5, 5.41) is 0. The number of hydrogen-bond donors (Lipinski definition) is 0. The topological polar surface area (TPSA) is 52.3 Å². The van der Waals surface area contributed by atoms with Gasteiger partial charge in [0, 0.05) is 5.92 Å². The van der Waals surface area contributed by atoms with Crippen LogP contribution in [-0.4, -0.2) is 18.1 Å². The maximum Gasteiger partial charge on any atom is 0.337 e. The molecule has 0 aliphatic rings. The van der Waals surface area contributed by atoms with Gasteiger partial charge in [-0.1, -0.05) is 13.8 Å². The molecule has 0 unspecified atom stereocenters. The molecule has 0 saturated carbocycles. The first-order valence-electron chi connectivity index (χ1n) is 5.10. The molecular formula is C12H13NO3. The summed E-state index contributed by atoms with van der Waals surface area (Å²) < 4.78 is 10.2. The number of hydrogen-bond acceptors (Lipinski definition) is 4. The van der Waals surface area contributed by atoms with Crippen LogP contribution < -0.4 is 0 Å². The Morgan fingerprint density at radius 3 is 2.81 bits per heavy atom. The second kappa shape index (κ2) is 3.96. The molecule has 1 aromatic heterocycles. The van der Waals surface area contributed by atoms with Crippen LogP contribution in [0.1, 0.15) is 36.0 Å². The number of methoxy groups -OCH3 is 1. The van der Waals surface area contributed by atoms with E-state index in [9.17, 15) is 4.79 Å². The molecule has 0 saturated heterocycles. The van der Waals surface area contributed by atoms with Crippen molar-refractivity contribution in [2.45, 2.75) is 19.8 Å². The Labute approximate surface area is 93.2 Å². The molecule has 0 N–H and O–H groups in total. The minimum absolute atomic E-state index is 0.231. The van der Waals surface area contributed by atoms with Crippen LogP contribution in [0, 0.1) is 0 Å². The van der Waals surface area contributed by atoms with E-state index in [-0.39, 0.29) is 11.9 Å². The van der Waals surface area contributed by atoms with E-state index in [1.807, 2.05) is 13.8 Å². The summed E-state index contributed by atoms with van der Waals surface area (Å²) in [4.78, 5) is 15.6. The monoisotopic (exact) mass is 219 g/mol. The summed E-state index contributed by atoms with van der Waals surface area (Å²) in [5.74, 6) is 0.544. The molecule has 0 spiro atoms. The number of nitrogens with zero attached hydrogens (tertiary/aromatic N) is 1. The van der Waals surface area contributed by atoms with Gasteiger partial charge in [-0.2, -0.15) is 0 Å². The number of carbonyl (C=O) groups is 1. The third-order valence-corrected chi connectivity index (χ3v) is 2.32. The maximum atomic E-state index is 11.3. The lowest BCUT2D eigenvalue weighted by Gasteiger charge is -1.96. The quantitative estimate of drug-likeness (QED) is 0.729. The second-order valence-corrected chi connectivity index (χ2v) is 3.88. The average Bonchev–Trinajstić information content (AvgIpc) is 2.70. The Hall–Kier alpha value is -1.84. The van der Waals surface area contributed by atoms with Crippen molar-refractivity contribution in [3.63, 3.8) is 0 Å². The zero-order valence-electron chi connectivity index (χ0n) is 9.48. The number of benzene rings is 1. The molecule has 0 fully saturated rings. The van der Waals surface area contributed by atoms with E-state index in [0.717, 1.165) is 0 Å². The zero-order chi connectivity index (χ0) is 11.7. The molecule has 2 aromatic rings. The number of oxazole rings is 1. The van der Waals surface area contributed by atoms with Gasteiger partial charge in [0.1, 0.15) is 5.52 Å². The van der Waals surface area contributed by atoms with Crippen molar-refractivity contribution in [2.75, 3.05) is 7.11 Å². The second-order valence-electron chi connectivity index (χ2n) is 3.88. The van der Waals surface area contributed by atoms with E-state index >= 15 is 0 Å². The van der Waals surface area contributed by atoms with Crippen molar-refractivity contribution >= 4 is 17.1 Å². The van der Waals surface area contributed by atoms with Gasteiger partial charge in [0.05, 0.1) is 12.7 Å². The number of rotatable bonds is 2. The molecule has 0 aliphatic carbocycles. The summed E-state index contributed by atoms with van der Waals surface area (Å²) in [7, 11) is 1.36. The van der Waals surface area contributed by atoms with Gasteiger partial charge in [0.2, 0.25) is 0 Å². The molecule has 1 aromatic carbocycles. The minimum atomic E-state index is -0.365. The molecule has 0 aliphatic heterocycles. The molecule has 4 nitrogen and oxygen atoms in total. The molecule has 84 valence electrons. The van der Waals surface area contributed by atoms with Crippen LogP contribution in [0.5, 0.6) is 0 Å². The minimum Gasteiger partial charge on any atom is -0.465 e. The van der Waals surface area contributed by atoms with Gasteiger partial charge in [-0.15, -0.1) is 0 Å². The van der Waals surface area contributed by atoms with Crippen LogP contribution >= 0.6 is 0 Å². The predicted octanol–water partition coefficient (Wildman–Crippen LogP) is 2.74. The number of carbonyl (C=O) groups excluding carboxylic acids is 1. The third-order valence-electron chi connectivity index (χ3n) is 2.32. The van der Waals surface area contributed by atoms with Crippen molar-refractivity contribution in [2.24, 2.45) is 0 Å². The lowest BCUT2D eigenvalue weighted by molar-refractivity contribution is 0.0601. The van der Waals surface area contributed by atoms with Gasteiger partial charge in [-0.25, -0.2) is 9.78 Å². The molecule has 1 heterocycles. The highest BCUT2D eigenvalue weighted by molar-refractivity contribution is 5.93. The molecule has 4 heteroatoms. The van der Waals surface area contributed by atoms with E-state index in [1.54, 1.807) is 18.2 Å². The largest absolute Gasteiger partial charge is 0.465 e. The summed E-state index contributed by atoms with van der Waals surface area (Å²) in [5.41, 5.74) is 1.86. The molecule has 0 radical (unpaired) electrons. The summed E-state index contributed by atoms with van der Waals surface area (Å²) in [6.07, 6.45) is 0. The van der Waals surface area contributed by atoms with E-state index < -0.39 is 0 Å². The van der Waals surface area contributed by atoms with Gasteiger partial charge >= 0.3 is 5.97 Å². The lowest BCUT2D eigenvalue weighted by atomic mass is 10.2. The molecule has 0 bridgehead atoms. The summed E-state index contributed by atoms with van der Waals surface area (Å²) in [6.45, 7) is 4.01. The molecule has 0 atom stereocenters. The summed E-state index contributed by atoms with van der Waals surface area (Å²) >= 11 is 0. The maximum absolute atomic E-state index is 11.3. The number of aromatic nitrogens is 1. The van der Waals surface area contributed by atoms with Crippen LogP contribution in [0.25, 0.3) is 11.1 Å². The van der Waals surface area contributed by atoms with Crippen LogP contribution in [0.15, 0.2) is 22.6 Å². The number of esters is 1. The van der Waals surface area contributed by atoms with Gasteiger partial charge in [-0.05, 0) is 18.2 Å². The zero-order valence-corrected chi connectivity index (χ0v) is 9.48. The number of ether oxygens (including phenoxy) is 1. The Bertz CT molecular complexity index is 528. The predicted molar refractivity (Wildman–Crippen MR) is 59.4 cm³/mol. The fourth-order valence-electron chi connectivity index (χ4n) is 1.44. The number of fused-ring (bicyclic) bond motifs is 1. The highest BCUT2D eigenvalue weighted by Crippen LogP contribution is 2.22. The first-order chi connectivity index (χ1) is 7.61. The average molecular weight is 219 g/mol. The Kier molecular flexibility index (Phi) is 2.64. The third kappa shape index (κ3) is 1.78. The summed E-state index contributed by atoms with van der Waals surface area (Å²) in [6, 6.07) is 5.08. The Balaban J connectivity index is 2.49. The molecule has 2 rings (SSSR count). The highest BCUT2D eigenvalue weighted by atomic mass is 16.5. The molecule has 16 heavy (non-hydrogen) atoms. The Morgan fingerprint density at radius 2 is 2.19 bits per heavy atom. The van der Waals surface area contributed by atoms with Crippen molar-refractivity contribution in [3.8, 4) is 0 Å². The normalized spacial score (nSPS) is 11.0. The van der Waals surface area contributed by atoms with Crippen LogP contribution in [0.3, 0.4) is 0 Å². The fourth-order valence-corrected chi connectivity index (χ4v) is 1.44. The van der Waals surface area contributed by atoms with Crippen molar-refractivity contribution in [1.82, 2.24) is 4.98 Å². The van der Waals surface area contributed by atoms with E-state index in [2.05, 4.69) is 9.72 Å². The van der Waals surface area contributed by atoms with E-state index in [1.165, 1.54) is 7.11 Å². The van der Waals surface area contributed by atoms with Crippen molar-refractivity contribution < 1.29 is 13.9 Å². The van der Waals surface area contributed by atoms with Gasteiger partial charge in [-0.3, -0.25) is 0 Å². The van der Waals surface area contributed by atoms with Gasteiger partial charge in [0.25, 0.3) is 0 Å². The smallest absolute Gasteiger partial charge is 0.337 e. The fraction of sp³-hybridized carbons (Fsp3) is 0.333. The molecule has 0 amide bonds. The van der Waals surface area contributed by atoms with Gasteiger partial charge in [0.15, 0.2) is 11.5 Å². The standard InChI is InChI=1S/C12H13NO3/c1-7(2)11-13-9-6-8(12(14)15-3)4-5-10(9)16-11/h4-7H,1-3H3.